The Morgan fingerprint density at radius 1 is 1.33 bits per heavy atom. The zero-order chi connectivity index (χ0) is 16.4. The van der Waals surface area contributed by atoms with Crippen molar-refractivity contribution in [3.05, 3.63) is 34.6 Å². The zero-order valence-corrected chi connectivity index (χ0v) is 15.4. The van der Waals surface area contributed by atoms with Gasteiger partial charge in [-0.05, 0) is 30.5 Å². The normalized spacial score (nSPS) is 24.7. The number of benzene rings is 1. The Bertz CT molecular complexity index is 565. The largest absolute Gasteiger partial charge is 0.336 e. The maximum atomic E-state index is 13.9. The first kappa shape index (κ1) is 19.4. The summed E-state index contributed by atoms with van der Waals surface area (Å²) in [6.07, 6.45) is 1.19. The third-order valence-electron chi connectivity index (χ3n) is 4.90. The number of amides is 1. The second kappa shape index (κ2) is 8.00. The highest BCUT2D eigenvalue weighted by molar-refractivity contribution is 6.33. The third kappa shape index (κ3) is 4.20. The second-order valence-corrected chi connectivity index (χ2v) is 7.31. The van der Waals surface area contributed by atoms with Gasteiger partial charge in [0.05, 0.1) is 10.6 Å². The van der Waals surface area contributed by atoms with E-state index in [1.165, 1.54) is 18.6 Å². The minimum absolute atomic E-state index is 0. The fourth-order valence-electron chi connectivity index (χ4n) is 3.51. The summed E-state index contributed by atoms with van der Waals surface area (Å²) in [7, 11) is 0. The van der Waals surface area contributed by atoms with E-state index in [9.17, 15) is 9.18 Å². The van der Waals surface area contributed by atoms with E-state index < -0.39 is 5.82 Å². The van der Waals surface area contributed by atoms with Crippen LogP contribution in [0.1, 0.15) is 23.7 Å². The molecule has 2 fully saturated rings. The van der Waals surface area contributed by atoms with E-state index in [2.05, 4.69) is 17.1 Å². The van der Waals surface area contributed by atoms with Crippen LogP contribution in [-0.4, -0.2) is 61.5 Å². The maximum Gasteiger partial charge on any atom is 0.258 e. The van der Waals surface area contributed by atoms with Crippen LogP contribution in [0.2, 0.25) is 5.02 Å². The molecule has 1 unspecified atom stereocenters. The average molecular weight is 376 g/mol. The van der Waals surface area contributed by atoms with Crippen LogP contribution in [0.15, 0.2) is 18.2 Å². The molecule has 2 aliphatic heterocycles. The summed E-state index contributed by atoms with van der Waals surface area (Å²) in [4.78, 5) is 16.6. The molecule has 0 aliphatic carbocycles. The van der Waals surface area contributed by atoms with Crippen molar-refractivity contribution in [3.63, 3.8) is 0 Å². The molecule has 24 heavy (non-hydrogen) atoms. The van der Waals surface area contributed by atoms with Crippen LogP contribution in [0.3, 0.4) is 0 Å². The van der Waals surface area contributed by atoms with Crippen LogP contribution < -0.4 is 5.32 Å². The second-order valence-electron chi connectivity index (χ2n) is 6.90. The van der Waals surface area contributed by atoms with Crippen molar-refractivity contribution < 1.29 is 9.18 Å². The Hall–Kier alpha value is -0.880. The minimum atomic E-state index is -0.547. The first-order chi connectivity index (χ1) is 11.0. The maximum absolute atomic E-state index is 13.9. The number of nitrogens with one attached hydrogen (secondary N) is 1. The summed E-state index contributed by atoms with van der Waals surface area (Å²) < 4.78 is 13.9. The molecule has 1 amide bonds. The quantitative estimate of drug-likeness (QED) is 0.881. The van der Waals surface area contributed by atoms with Crippen LogP contribution in [0.4, 0.5) is 4.39 Å². The lowest BCUT2D eigenvalue weighted by molar-refractivity contribution is 0.0577. The van der Waals surface area contributed by atoms with Gasteiger partial charge in [0, 0.05) is 39.3 Å². The molecule has 1 N–H and O–H groups in total. The first-order valence-electron chi connectivity index (χ1n) is 8.15. The third-order valence-corrected chi connectivity index (χ3v) is 5.21. The van der Waals surface area contributed by atoms with E-state index in [0.29, 0.717) is 18.5 Å². The van der Waals surface area contributed by atoms with Gasteiger partial charge >= 0.3 is 0 Å². The molecule has 0 radical (unpaired) electrons. The molecule has 2 heterocycles. The molecule has 0 spiro atoms. The number of carbonyl (C=O) groups is 1. The van der Waals surface area contributed by atoms with Crippen molar-refractivity contribution in [1.29, 1.82) is 0 Å². The molecule has 0 aromatic heterocycles. The summed E-state index contributed by atoms with van der Waals surface area (Å²) in [6.45, 7) is 8.38. The topological polar surface area (TPSA) is 35.6 Å². The standard InChI is InChI=1S/C17H23ClFN3O.ClH/c1-17(5-6-20-11-17)12-21-7-9-22(10-8-21)16(23)15-13(18)3-2-4-14(15)19;/h2-4,20H,5-12H2,1H3;1H. The number of rotatable bonds is 3. The van der Waals surface area contributed by atoms with Gasteiger partial charge in [0.2, 0.25) is 0 Å². The summed E-state index contributed by atoms with van der Waals surface area (Å²) in [5.41, 5.74) is 0.315. The average Bonchev–Trinajstić information content (AvgIpc) is 2.94. The predicted octanol–water partition coefficient (Wildman–Crippen LogP) is 2.66. The number of hydrogen-bond acceptors (Lipinski definition) is 3. The van der Waals surface area contributed by atoms with Gasteiger partial charge in [0.25, 0.3) is 5.91 Å². The molecule has 0 saturated carbocycles. The van der Waals surface area contributed by atoms with Crippen molar-refractivity contribution in [2.24, 2.45) is 5.41 Å². The number of carbonyl (C=O) groups excluding carboxylic acids is 1. The lowest BCUT2D eigenvalue weighted by atomic mass is 9.89. The highest BCUT2D eigenvalue weighted by atomic mass is 35.5. The Kier molecular flexibility index (Phi) is 6.48. The summed E-state index contributed by atoms with van der Waals surface area (Å²) in [5.74, 6) is -0.851. The minimum Gasteiger partial charge on any atom is -0.336 e. The van der Waals surface area contributed by atoms with E-state index in [1.54, 1.807) is 11.0 Å². The molecule has 134 valence electrons. The van der Waals surface area contributed by atoms with E-state index in [-0.39, 0.29) is 28.9 Å². The molecule has 2 saturated heterocycles. The van der Waals surface area contributed by atoms with E-state index in [1.807, 2.05) is 0 Å². The molecule has 7 heteroatoms. The van der Waals surface area contributed by atoms with Gasteiger partial charge in [0.1, 0.15) is 5.82 Å². The van der Waals surface area contributed by atoms with Crippen molar-refractivity contribution >= 4 is 29.9 Å². The molecule has 2 aliphatic rings. The Balaban J connectivity index is 0.00000208. The molecule has 1 aromatic carbocycles. The lowest BCUT2D eigenvalue weighted by Gasteiger charge is -2.38. The van der Waals surface area contributed by atoms with Crippen LogP contribution in [0, 0.1) is 11.2 Å². The van der Waals surface area contributed by atoms with E-state index >= 15 is 0 Å². The van der Waals surface area contributed by atoms with Crippen LogP contribution in [-0.2, 0) is 0 Å². The fourth-order valence-corrected chi connectivity index (χ4v) is 3.76. The highest BCUT2D eigenvalue weighted by Crippen LogP contribution is 2.27. The lowest BCUT2D eigenvalue weighted by Crippen LogP contribution is -2.51. The molecule has 1 aromatic rings. The van der Waals surface area contributed by atoms with Crippen molar-refractivity contribution in [3.8, 4) is 0 Å². The Labute approximate surface area is 153 Å². The summed E-state index contributed by atoms with van der Waals surface area (Å²) in [5, 5.41) is 3.60. The molecule has 3 rings (SSSR count). The van der Waals surface area contributed by atoms with Crippen molar-refractivity contribution in [2.45, 2.75) is 13.3 Å². The van der Waals surface area contributed by atoms with E-state index in [4.69, 9.17) is 11.6 Å². The molecule has 4 nitrogen and oxygen atoms in total. The van der Waals surface area contributed by atoms with Crippen molar-refractivity contribution in [1.82, 2.24) is 15.1 Å². The van der Waals surface area contributed by atoms with Crippen molar-refractivity contribution in [2.75, 3.05) is 45.8 Å². The van der Waals surface area contributed by atoms with Crippen LogP contribution in [0.5, 0.6) is 0 Å². The SMILES string of the molecule is CC1(CN2CCN(C(=O)c3c(F)cccc3Cl)CC2)CCNC1.Cl. The molecule has 1 atom stereocenters. The number of hydrogen-bond donors (Lipinski definition) is 1. The van der Waals surface area contributed by atoms with Gasteiger partial charge < -0.3 is 10.2 Å². The summed E-state index contributed by atoms with van der Waals surface area (Å²) in [6, 6.07) is 4.36. The van der Waals surface area contributed by atoms with Gasteiger partial charge in [-0.1, -0.05) is 24.6 Å². The number of piperazine rings is 1. The zero-order valence-electron chi connectivity index (χ0n) is 13.9. The van der Waals surface area contributed by atoms with Gasteiger partial charge in [-0.15, -0.1) is 12.4 Å². The smallest absolute Gasteiger partial charge is 0.258 e. The molecular formula is C17H24Cl2FN3O. The van der Waals surface area contributed by atoms with Crippen LogP contribution in [0.25, 0.3) is 0 Å². The first-order valence-corrected chi connectivity index (χ1v) is 8.53. The van der Waals surface area contributed by atoms with Crippen LogP contribution >= 0.6 is 24.0 Å². The van der Waals surface area contributed by atoms with E-state index in [0.717, 1.165) is 32.7 Å². The summed E-state index contributed by atoms with van der Waals surface area (Å²) >= 11 is 6.00. The van der Waals surface area contributed by atoms with Gasteiger partial charge in [-0.3, -0.25) is 9.69 Å². The Morgan fingerprint density at radius 2 is 2.04 bits per heavy atom. The monoisotopic (exact) mass is 375 g/mol. The molecule has 0 bridgehead atoms. The van der Waals surface area contributed by atoms with Gasteiger partial charge in [0.15, 0.2) is 0 Å². The Morgan fingerprint density at radius 3 is 2.62 bits per heavy atom. The molecular weight excluding hydrogens is 352 g/mol. The number of halogens is 3. The predicted molar refractivity (Wildman–Crippen MR) is 96.6 cm³/mol. The highest BCUT2D eigenvalue weighted by Gasteiger charge is 2.33. The number of nitrogens with zero attached hydrogens (tertiary/aromatic N) is 2. The van der Waals surface area contributed by atoms with Gasteiger partial charge in [-0.2, -0.15) is 0 Å². The fraction of sp³-hybridized carbons (Fsp3) is 0.588. The van der Waals surface area contributed by atoms with Gasteiger partial charge in [-0.25, -0.2) is 4.39 Å².